The van der Waals surface area contributed by atoms with Crippen LogP contribution in [0.2, 0.25) is 0 Å². The first-order chi connectivity index (χ1) is 8.83. The van der Waals surface area contributed by atoms with Gasteiger partial charge in [0.1, 0.15) is 0 Å². The van der Waals surface area contributed by atoms with Gasteiger partial charge in [-0.2, -0.15) is 0 Å². The summed E-state index contributed by atoms with van der Waals surface area (Å²) in [6.45, 7) is 4.74. The fourth-order valence-electron chi connectivity index (χ4n) is 4.69. The van der Waals surface area contributed by atoms with E-state index in [2.05, 4.69) is 13.8 Å². The van der Waals surface area contributed by atoms with Crippen molar-refractivity contribution in [2.75, 3.05) is 0 Å². The normalized spacial score (nSPS) is 31.7. The second-order valence-electron chi connectivity index (χ2n) is 7.12. The fraction of sp³-hybridized carbons (Fsp3) is 1.00. The van der Waals surface area contributed by atoms with Crippen LogP contribution in [0.5, 0.6) is 0 Å². The molecule has 0 heterocycles. The van der Waals surface area contributed by atoms with E-state index in [0.717, 1.165) is 23.7 Å². The number of hydrogen-bond acceptors (Lipinski definition) is 0. The summed E-state index contributed by atoms with van der Waals surface area (Å²) < 4.78 is 0. The molecule has 106 valence electrons. The molecule has 0 spiro atoms. The smallest absolute Gasteiger partial charge is 0.0386 e. The lowest BCUT2D eigenvalue weighted by Gasteiger charge is -2.33. The lowest BCUT2D eigenvalue weighted by atomic mass is 9.72. The molecule has 2 fully saturated rings. The summed E-state index contributed by atoms with van der Waals surface area (Å²) in [5.74, 6) is 4.36. The minimum Gasteiger partial charge on any atom is -0.0654 e. The van der Waals surface area contributed by atoms with Crippen molar-refractivity contribution in [3.63, 3.8) is 0 Å². The van der Waals surface area contributed by atoms with E-state index >= 15 is 0 Å². The predicted octanol–water partition coefficient (Wildman–Crippen LogP) is 6.20. The monoisotopic (exact) mass is 250 g/mol. The summed E-state index contributed by atoms with van der Waals surface area (Å²) >= 11 is 0. The zero-order valence-electron chi connectivity index (χ0n) is 12.8. The Kier molecular flexibility index (Phi) is 6.05. The van der Waals surface area contributed by atoms with Gasteiger partial charge in [0.2, 0.25) is 0 Å². The van der Waals surface area contributed by atoms with Crippen molar-refractivity contribution in [3.05, 3.63) is 0 Å². The molecule has 2 aliphatic carbocycles. The molecule has 0 amide bonds. The Morgan fingerprint density at radius 1 is 0.833 bits per heavy atom. The molecule has 0 bridgehead atoms. The van der Waals surface area contributed by atoms with Gasteiger partial charge >= 0.3 is 0 Å². The average molecular weight is 250 g/mol. The molecule has 0 radical (unpaired) electrons. The van der Waals surface area contributed by atoms with Crippen molar-refractivity contribution >= 4 is 0 Å². The number of rotatable bonds is 6. The van der Waals surface area contributed by atoms with Crippen LogP contribution < -0.4 is 0 Å². The highest BCUT2D eigenvalue weighted by molar-refractivity contribution is 4.81. The molecule has 0 aromatic heterocycles. The summed E-state index contributed by atoms with van der Waals surface area (Å²) in [4.78, 5) is 0. The van der Waals surface area contributed by atoms with Crippen molar-refractivity contribution in [3.8, 4) is 0 Å². The van der Waals surface area contributed by atoms with E-state index in [1.54, 1.807) is 44.9 Å². The Labute approximate surface area is 115 Å². The molecule has 0 aromatic rings. The fourth-order valence-corrected chi connectivity index (χ4v) is 4.69. The van der Waals surface area contributed by atoms with Gasteiger partial charge in [0.25, 0.3) is 0 Å². The Balaban J connectivity index is 1.69. The quantitative estimate of drug-likeness (QED) is 0.526. The molecule has 2 rings (SSSR count). The van der Waals surface area contributed by atoms with Crippen LogP contribution in [0.3, 0.4) is 0 Å². The first-order valence-corrected chi connectivity index (χ1v) is 8.83. The van der Waals surface area contributed by atoms with E-state index in [4.69, 9.17) is 0 Å². The standard InChI is InChI=1S/C18H34/c1-3-7-15(4-2)14-16-10-12-18(13-11-16)17-8-5-6-9-17/h15-18H,3-14H2,1-2H3. The summed E-state index contributed by atoms with van der Waals surface area (Å²) in [5.41, 5.74) is 0. The second kappa shape index (κ2) is 7.56. The summed E-state index contributed by atoms with van der Waals surface area (Å²) in [6.07, 6.45) is 18.2. The van der Waals surface area contributed by atoms with Crippen LogP contribution in [0.1, 0.15) is 90.9 Å². The van der Waals surface area contributed by atoms with E-state index in [1.807, 2.05) is 0 Å². The minimum atomic E-state index is 1.03. The van der Waals surface area contributed by atoms with Crippen molar-refractivity contribution in [1.82, 2.24) is 0 Å². The lowest BCUT2D eigenvalue weighted by molar-refractivity contribution is 0.182. The molecular weight excluding hydrogens is 216 g/mol. The highest BCUT2D eigenvalue weighted by Gasteiger charge is 2.29. The maximum absolute atomic E-state index is 2.39. The number of hydrogen-bond donors (Lipinski definition) is 0. The van der Waals surface area contributed by atoms with Gasteiger partial charge in [-0.05, 0) is 42.9 Å². The van der Waals surface area contributed by atoms with Crippen LogP contribution in [0.15, 0.2) is 0 Å². The van der Waals surface area contributed by atoms with Gasteiger partial charge in [-0.15, -0.1) is 0 Å². The molecule has 0 nitrogen and oxygen atoms in total. The first kappa shape index (κ1) is 14.4. The molecular formula is C18H34. The van der Waals surface area contributed by atoms with Crippen LogP contribution >= 0.6 is 0 Å². The van der Waals surface area contributed by atoms with Crippen LogP contribution in [-0.2, 0) is 0 Å². The summed E-state index contributed by atoms with van der Waals surface area (Å²) in [5, 5.41) is 0. The van der Waals surface area contributed by atoms with E-state index in [9.17, 15) is 0 Å². The summed E-state index contributed by atoms with van der Waals surface area (Å²) in [7, 11) is 0. The Morgan fingerprint density at radius 3 is 2.00 bits per heavy atom. The van der Waals surface area contributed by atoms with Gasteiger partial charge in [0.15, 0.2) is 0 Å². The third-order valence-electron chi connectivity index (χ3n) is 5.90. The average Bonchev–Trinajstić information content (AvgIpc) is 2.93. The molecule has 2 aliphatic rings. The van der Waals surface area contributed by atoms with Gasteiger partial charge in [0, 0.05) is 0 Å². The largest absolute Gasteiger partial charge is 0.0654 e. The van der Waals surface area contributed by atoms with Crippen molar-refractivity contribution in [1.29, 1.82) is 0 Å². The third kappa shape index (κ3) is 4.00. The topological polar surface area (TPSA) is 0 Å². The third-order valence-corrected chi connectivity index (χ3v) is 5.90. The zero-order chi connectivity index (χ0) is 12.8. The van der Waals surface area contributed by atoms with Crippen molar-refractivity contribution in [2.45, 2.75) is 90.9 Å². The Hall–Kier alpha value is 0. The molecule has 0 N–H and O–H groups in total. The molecule has 0 heteroatoms. The van der Waals surface area contributed by atoms with Crippen LogP contribution in [0.4, 0.5) is 0 Å². The van der Waals surface area contributed by atoms with Gasteiger partial charge in [-0.25, -0.2) is 0 Å². The van der Waals surface area contributed by atoms with Crippen molar-refractivity contribution in [2.24, 2.45) is 23.7 Å². The maximum atomic E-state index is 2.39. The predicted molar refractivity (Wildman–Crippen MR) is 80.7 cm³/mol. The SMILES string of the molecule is CCCC(CC)CC1CCC(C2CCCC2)CC1. The maximum Gasteiger partial charge on any atom is -0.0386 e. The summed E-state index contributed by atoms with van der Waals surface area (Å²) in [6, 6.07) is 0. The molecule has 0 aromatic carbocycles. The molecule has 1 atom stereocenters. The van der Waals surface area contributed by atoms with Gasteiger partial charge in [-0.1, -0.05) is 71.6 Å². The molecule has 18 heavy (non-hydrogen) atoms. The zero-order valence-corrected chi connectivity index (χ0v) is 12.8. The molecule has 0 aliphatic heterocycles. The van der Waals surface area contributed by atoms with Crippen LogP contribution in [0, 0.1) is 23.7 Å². The van der Waals surface area contributed by atoms with E-state index in [1.165, 1.54) is 32.1 Å². The van der Waals surface area contributed by atoms with Gasteiger partial charge in [-0.3, -0.25) is 0 Å². The molecule has 2 saturated carbocycles. The van der Waals surface area contributed by atoms with E-state index < -0.39 is 0 Å². The van der Waals surface area contributed by atoms with Gasteiger partial charge < -0.3 is 0 Å². The molecule has 0 saturated heterocycles. The Morgan fingerprint density at radius 2 is 1.44 bits per heavy atom. The van der Waals surface area contributed by atoms with Crippen LogP contribution in [0.25, 0.3) is 0 Å². The molecule has 1 unspecified atom stereocenters. The van der Waals surface area contributed by atoms with Gasteiger partial charge in [0.05, 0.1) is 0 Å². The lowest BCUT2D eigenvalue weighted by Crippen LogP contribution is -2.21. The Bertz CT molecular complexity index is 206. The first-order valence-electron chi connectivity index (χ1n) is 8.83. The highest BCUT2D eigenvalue weighted by Crippen LogP contribution is 2.42. The van der Waals surface area contributed by atoms with E-state index in [-0.39, 0.29) is 0 Å². The van der Waals surface area contributed by atoms with E-state index in [0.29, 0.717) is 0 Å². The minimum absolute atomic E-state index is 1.03. The van der Waals surface area contributed by atoms with Crippen LogP contribution in [-0.4, -0.2) is 0 Å². The van der Waals surface area contributed by atoms with Crippen molar-refractivity contribution < 1.29 is 0 Å². The second-order valence-corrected chi connectivity index (χ2v) is 7.12. The highest BCUT2D eigenvalue weighted by atomic mass is 14.3.